The molecule has 1 aliphatic carbocycles. The van der Waals surface area contributed by atoms with Gasteiger partial charge in [0.1, 0.15) is 0 Å². The van der Waals surface area contributed by atoms with Crippen molar-refractivity contribution in [3.05, 3.63) is 78.1 Å². The molecule has 1 saturated carbocycles. The first-order valence-electron chi connectivity index (χ1n) is 10.2. The highest BCUT2D eigenvalue weighted by molar-refractivity contribution is 6.01. The van der Waals surface area contributed by atoms with Crippen molar-refractivity contribution in [2.45, 2.75) is 45.2 Å². The van der Waals surface area contributed by atoms with Crippen molar-refractivity contribution in [2.24, 2.45) is 5.92 Å². The van der Waals surface area contributed by atoms with Gasteiger partial charge in [0, 0.05) is 24.0 Å². The van der Waals surface area contributed by atoms with Gasteiger partial charge in [-0.1, -0.05) is 49.4 Å². The SMILES string of the molecule is CC1CCC(NC(=O)c2ccccc2-c2ccc(Cn3cccn3)cc2)CC1. The summed E-state index contributed by atoms with van der Waals surface area (Å²) in [5.41, 5.74) is 3.98. The van der Waals surface area contributed by atoms with Crippen molar-refractivity contribution in [3.8, 4) is 11.1 Å². The van der Waals surface area contributed by atoms with E-state index in [0.717, 1.165) is 42.0 Å². The topological polar surface area (TPSA) is 46.9 Å². The average Bonchev–Trinajstić information content (AvgIpc) is 3.23. The fraction of sp³-hybridized carbons (Fsp3) is 0.333. The monoisotopic (exact) mass is 373 g/mol. The molecular formula is C24H27N3O. The van der Waals surface area contributed by atoms with E-state index in [1.54, 1.807) is 6.20 Å². The highest BCUT2D eigenvalue weighted by Crippen LogP contribution is 2.26. The summed E-state index contributed by atoms with van der Waals surface area (Å²) in [6, 6.07) is 18.5. The molecule has 0 saturated heterocycles. The molecule has 1 fully saturated rings. The molecule has 1 aromatic heterocycles. The Balaban J connectivity index is 1.50. The second-order valence-corrected chi connectivity index (χ2v) is 7.88. The third kappa shape index (κ3) is 4.33. The number of hydrogen-bond donors (Lipinski definition) is 1. The highest BCUT2D eigenvalue weighted by atomic mass is 16.1. The van der Waals surface area contributed by atoms with Gasteiger partial charge in [0.05, 0.1) is 6.54 Å². The molecule has 1 aliphatic rings. The summed E-state index contributed by atoms with van der Waals surface area (Å²) >= 11 is 0. The van der Waals surface area contributed by atoms with Gasteiger partial charge in [-0.25, -0.2) is 0 Å². The maximum atomic E-state index is 12.9. The molecule has 4 rings (SSSR count). The van der Waals surface area contributed by atoms with E-state index < -0.39 is 0 Å². The van der Waals surface area contributed by atoms with Crippen LogP contribution < -0.4 is 5.32 Å². The fourth-order valence-electron chi connectivity index (χ4n) is 3.97. The van der Waals surface area contributed by atoms with E-state index in [1.807, 2.05) is 41.2 Å². The number of hydrogen-bond acceptors (Lipinski definition) is 2. The van der Waals surface area contributed by atoms with Gasteiger partial charge >= 0.3 is 0 Å². The molecule has 0 atom stereocenters. The van der Waals surface area contributed by atoms with Crippen molar-refractivity contribution >= 4 is 5.91 Å². The van der Waals surface area contributed by atoms with E-state index in [9.17, 15) is 4.79 Å². The molecule has 0 unspecified atom stereocenters. The summed E-state index contributed by atoms with van der Waals surface area (Å²) in [6.45, 7) is 3.04. The van der Waals surface area contributed by atoms with Crippen LogP contribution in [0.5, 0.6) is 0 Å². The first-order chi connectivity index (χ1) is 13.7. The molecule has 0 spiro atoms. The molecule has 1 N–H and O–H groups in total. The van der Waals surface area contributed by atoms with Crippen LogP contribution in [0.3, 0.4) is 0 Å². The van der Waals surface area contributed by atoms with Gasteiger partial charge in [0.25, 0.3) is 5.91 Å². The van der Waals surface area contributed by atoms with E-state index in [2.05, 4.69) is 41.6 Å². The van der Waals surface area contributed by atoms with Crippen LogP contribution in [0, 0.1) is 5.92 Å². The van der Waals surface area contributed by atoms with Gasteiger partial charge in [-0.3, -0.25) is 9.48 Å². The number of carbonyl (C=O) groups excluding carboxylic acids is 1. The molecule has 4 heteroatoms. The highest BCUT2D eigenvalue weighted by Gasteiger charge is 2.21. The van der Waals surface area contributed by atoms with Crippen LogP contribution in [0.1, 0.15) is 48.5 Å². The van der Waals surface area contributed by atoms with Crippen LogP contribution in [0.4, 0.5) is 0 Å². The summed E-state index contributed by atoms with van der Waals surface area (Å²) in [6.07, 6.45) is 8.30. The Morgan fingerprint density at radius 1 is 1.04 bits per heavy atom. The van der Waals surface area contributed by atoms with E-state index in [4.69, 9.17) is 0 Å². The number of rotatable bonds is 5. The first-order valence-corrected chi connectivity index (χ1v) is 10.2. The van der Waals surface area contributed by atoms with Crippen molar-refractivity contribution in [1.82, 2.24) is 15.1 Å². The zero-order chi connectivity index (χ0) is 19.3. The van der Waals surface area contributed by atoms with Crippen molar-refractivity contribution in [3.63, 3.8) is 0 Å². The smallest absolute Gasteiger partial charge is 0.252 e. The second kappa shape index (κ2) is 8.42. The second-order valence-electron chi connectivity index (χ2n) is 7.88. The Morgan fingerprint density at radius 3 is 2.50 bits per heavy atom. The summed E-state index contributed by atoms with van der Waals surface area (Å²) in [5.74, 6) is 0.816. The van der Waals surface area contributed by atoms with Crippen LogP contribution in [-0.2, 0) is 6.54 Å². The molecule has 0 aliphatic heterocycles. The third-order valence-corrected chi connectivity index (χ3v) is 5.69. The molecule has 3 aromatic rings. The zero-order valence-corrected chi connectivity index (χ0v) is 16.3. The van der Waals surface area contributed by atoms with E-state index in [1.165, 1.54) is 18.4 Å². The quantitative estimate of drug-likeness (QED) is 0.691. The van der Waals surface area contributed by atoms with Crippen molar-refractivity contribution in [1.29, 1.82) is 0 Å². The van der Waals surface area contributed by atoms with Crippen LogP contribution in [0.15, 0.2) is 67.0 Å². The summed E-state index contributed by atoms with van der Waals surface area (Å²) in [4.78, 5) is 12.9. The van der Waals surface area contributed by atoms with E-state index in [0.29, 0.717) is 6.04 Å². The number of nitrogens with one attached hydrogen (secondary N) is 1. The number of nitrogens with zero attached hydrogens (tertiary/aromatic N) is 2. The van der Waals surface area contributed by atoms with Gasteiger partial charge in [-0.2, -0.15) is 5.10 Å². The lowest BCUT2D eigenvalue weighted by Gasteiger charge is -2.27. The van der Waals surface area contributed by atoms with Gasteiger partial charge in [0.2, 0.25) is 0 Å². The lowest BCUT2D eigenvalue weighted by atomic mass is 9.87. The Bertz CT molecular complexity index is 907. The van der Waals surface area contributed by atoms with Crippen molar-refractivity contribution < 1.29 is 4.79 Å². The Morgan fingerprint density at radius 2 is 1.79 bits per heavy atom. The number of benzene rings is 2. The minimum absolute atomic E-state index is 0.0378. The molecule has 0 radical (unpaired) electrons. The minimum Gasteiger partial charge on any atom is -0.349 e. The molecule has 4 nitrogen and oxygen atoms in total. The number of amides is 1. The molecule has 1 amide bonds. The maximum absolute atomic E-state index is 12.9. The summed E-state index contributed by atoms with van der Waals surface area (Å²) in [7, 11) is 0. The predicted octanol–water partition coefficient (Wildman–Crippen LogP) is 4.91. The predicted molar refractivity (Wildman–Crippen MR) is 112 cm³/mol. The summed E-state index contributed by atoms with van der Waals surface area (Å²) in [5, 5.41) is 7.51. The Hall–Kier alpha value is -2.88. The third-order valence-electron chi connectivity index (χ3n) is 5.69. The van der Waals surface area contributed by atoms with Gasteiger partial charge in [-0.15, -0.1) is 0 Å². The van der Waals surface area contributed by atoms with Crippen LogP contribution in [-0.4, -0.2) is 21.7 Å². The molecule has 0 bridgehead atoms. The van der Waals surface area contributed by atoms with Crippen LogP contribution in [0.25, 0.3) is 11.1 Å². The molecule has 28 heavy (non-hydrogen) atoms. The molecule has 144 valence electrons. The fourth-order valence-corrected chi connectivity index (χ4v) is 3.97. The summed E-state index contributed by atoms with van der Waals surface area (Å²) < 4.78 is 1.90. The Labute approximate surface area is 166 Å². The van der Waals surface area contributed by atoms with Gasteiger partial charge < -0.3 is 5.32 Å². The minimum atomic E-state index is 0.0378. The number of carbonyl (C=O) groups is 1. The van der Waals surface area contributed by atoms with E-state index in [-0.39, 0.29) is 5.91 Å². The van der Waals surface area contributed by atoms with Gasteiger partial charge in [-0.05, 0) is 60.4 Å². The first kappa shape index (κ1) is 18.5. The molecule has 2 aromatic carbocycles. The maximum Gasteiger partial charge on any atom is 0.252 e. The number of aromatic nitrogens is 2. The average molecular weight is 374 g/mol. The van der Waals surface area contributed by atoms with Crippen LogP contribution >= 0.6 is 0 Å². The van der Waals surface area contributed by atoms with Gasteiger partial charge in [0.15, 0.2) is 0 Å². The molecular weight excluding hydrogens is 346 g/mol. The van der Waals surface area contributed by atoms with E-state index >= 15 is 0 Å². The molecule has 1 heterocycles. The largest absolute Gasteiger partial charge is 0.349 e. The normalized spacial score (nSPS) is 19.3. The lowest BCUT2D eigenvalue weighted by molar-refractivity contribution is 0.0923. The zero-order valence-electron chi connectivity index (χ0n) is 16.3. The lowest BCUT2D eigenvalue weighted by Crippen LogP contribution is -2.37. The van der Waals surface area contributed by atoms with Crippen molar-refractivity contribution in [2.75, 3.05) is 0 Å². The van der Waals surface area contributed by atoms with Crippen LogP contribution in [0.2, 0.25) is 0 Å². The standard InChI is InChI=1S/C24H27N3O/c1-18-7-13-21(14-8-18)26-24(28)23-6-3-2-5-22(23)20-11-9-19(10-12-20)17-27-16-4-15-25-27/h2-6,9-12,15-16,18,21H,7-8,13-14,17H2,1H3,(H,26,28). The Kier molecular flexibility index (Phi) is 5.56.